The van der Waals surface area contributed by atoms with E-state index < -0.39 is 29.4 Å². The number of carbonyl (C=O) groups excluding carboxylic acids is 4. The number of amides is 4. The van der Waals surface area contributed by atoms with Crippen LogP contribution in [0.15, 0.2) is 59.0 Å². The topological polar surface area (TPSA) is 202 Å². The second-order valence-corrected chi connectivity index (χ2v) is 20.6. The van der Waals surface area contributed by atoms with Gasteiger partial charge in [0.2, 0.25) is 23.6 Å². The van der Waals surface area contributed by atoms with E-state index in [9.17, 15) is 19.2 Å². The van der Waals surface area contributed by atoms with Crippen LogP contribution in [0.5, 0.6) is 0 Å². The number of nitrogens with zero attached hydrogens (tertiary/aromatic N) is 6. The maximum atomic E-state index is 14.0. The van der Waals surface area contributed by atoms with Crippen molar-refractivity contribution in [2.45, 2.75) is 147 Å². The van der Waals surface area contributed by atoms with Crippen LogP contribution in [0.1, 0.15) is 151 Å². The molecular weight excluding hydrogens is 1010 g/mol. The zero-order valence-corrected chi connectivity index (χ0v) is 49.2. The zero-order valence-electron chi connectivity index (χ0n) is 46.9. The van der Waals surface area contributed by atoms with Gasteiger partial charge in [0, 0.05) is 54.4 Å². The molecule has 19 heteroatoms. The van der Waals surface area contributed by atoms with Gasteiger partial charge in [-0.15, -0.1) is 32.9 Å². The Balaban J connectivity index is 0.00000177. The van der Waals surface area contributed by atoms with Gasteiger partial charge in [0.05, 0.1) is 40.9 Å². The number of aromatic nitrogens is 4. The molecule has 412 valence electrons. The number of hydrogen-bond acceptors (Lipinski definition) is 13. The normalized spacial score (nSPS) is 15.2. The van der Waals surface area contributed by atoms with Gasteiger partial charge in [-0.25, -0.2) is 4.98 Å². The summed E-state index contributed by atoms with van der Waals surface area (Å²) in [7, 11) is 1.00. The van der Waals surface area contributed by atoms with Crippen molar-refractivity contribution in [1.29, 1.82) is 0 Å². The van der Waals surface area contributed by atoms with Crippen LogP contribution in [0.3, 0.4) is 0 Å². The molecule has 5 heterocycles. The van der Waals surface area contributed by atoms with E-state index in [2.05, 4.69) is 45.0 Å². The Morgan fingerprint density at radius 3 is 2.12 bits per heavy atom. The SMILES string of the molecule is CC.CC.CC.CO.Cc1ncsc1-c1ccc(C(C)NC(=O)C2CCCN2C(=O)C(NC(=O)COCCCOCCNC(=O)C[C@@H]2N=C(c3ccc(Cl)cc3)c3c(sc(C)c3C)-n3c(C)nnc32)C(C)(C)C)cc1. The first-order valence-electron chi connectivity index (χ1n) is 26.2. The molecule has 4 N–H and O–H groups in total. The summed E-state index contributed by atoms with van der Waals surface area (Å²) in [4.78, 5) is 67.5. The van der Waals surface area contributed by atoms with Gasteiger partial charge in [-0.3, -0.25) is 28.7 Å². The molecule has 2 aliphatic heterocycles. The van der Waals surface area contributed by atoms with Crippen LogP contribution in [0.25, 0.3) is 15.4 Å². The maximum Gasteiger partial charge on any atom is 0.246 e. The standard InChI is InChI=1S/C49H60ClN9O6S2.3C2H6.CH4O/c1-28-31(4)67-48-41(28)42(34-16-18-36(50)19-17-34)54-37(45-57-56-32(5)59(45)48)25-39(60)51-20-24-64-22-10-23-65-26-40(61)55-44(49(6,7)8)47(63)58-21-9-11-38(58)46(62)53-29(2)33-12-14-35(15-13-33)43-30(3)52-27-66-43;4*1-2/h12-19,27,29,37-38,44H,9-11,20-26H2,1-8H3,(H,51,60)(H,53,62)(H,55,61);3*1-2H3;2H,1H3/t29?,37-,38?,44?;;;;/m0..../s1. The van der Waals surface area contributed by atoms with Gasteiger partial charge in [-0.05, 0) is 88.1 Å². The minimum absolute atomic E-state index is 0.0673. The highest BCUT2D eigenvalue weighted by atomic mass is 35.5. The van der Waals surface area contributed by atoms with Crippen LogP contribution in [0.2, 0.25) is 5.02 Å². The average molecular weight is 1090 g/mol. The second-order valence-electron chi connectivity index (χ2n) is 18.2. The molecule has 0 radical (unpaired) electrons. The molecule has 5 aromatic rings. The average Bonchev–Trinajstić information content (AvgIpc) is 4.21. The van der Waals surface area contributed by atoms with Crippen molar-refractivity contribution in [2.24, 2.45) is 10.4 Å². The Hall–Kier alpha value is -5.37. The molecule has 3 aromatic heterocycles. The molecule has 2 aromatic carbocycles. The number of nitrogens with one attached hydrogen (secondary N) is 3. The molecule has 1 fully saturated rings. The second kappa shape index (κ2) is 31.6. The first-order chi connectivity index (χ1) is 36.0. The number of aryl methyl sites for hydroxylation is 3. The maximum absolute atomic E-state index is 14.0. The van der Waals surface area contributed by atoms with Crippen molar-refractivity contribution in [1.82, 2.24) is 40.6 Å². The van der Waals surface area contributed by atoms with Crippen LogP contribution in [-0.4, -0.2) is 118 Å². The number of carbonyl (C=O) groups is 4. The van der Waals surface area contributed by atoms with E-state index in [0.717, 1.165) is 62.0 Å². The number of aliphatic hydroxyl groups is 1. The minimum atomic E-state index is -0.861. The number of rotatable bonds is 18. The van der Waals surface area contributed by atoms with E-state index in [1.54, 1.807) is 27.6 Å². The Bertz CT molecular complexity index is 2610. The molecular formula is C56H82ClN9O7S2. The lowest BCUT2D eigenvalue weighted by Crippen LogP contribution is -2.58. The first-order valence-corrected chi connectivity index (χ1v) is 28.2. The van der Waals surface area contributed by atoms with Gasteiger partial charge < -0.3 is 35.4 Å². The van der Waals surface area contributed by atoms with Crippen LogP contribution >= 0.6 is 34.3 Å². The quantitative estimate of drug-likeness (QED) is 0.0612. The van der Waals surface area contributed by atoms with Gasteiger partial charge in [-0.2, -0.15) is 0 Å². The van der Waals surface area contributed by atoms with Crippen molar-refractivity contribution in [3.8, 4) is 15.4 Å². The van der Waals surface area contributed by atoms with E-state index in [1.807, 2.05) is 142 Å². The van der Waals surface area contributed by atoms with Crippen LogP contribution in [0, 0.1) is 33.1 Å². The van der Waals surface area contributed by atoms with Crippen LogP contribution in [-0.2, 0) is 28.7 Å². The van der Waals surface area contributed by atoms with Gasteiger partial charge in [0.1, 0.15) is 35.6 Å². The summed E-state index contributed by atoms with van der Waals surface area (Å²) in [6.07, 6.45) is 1.81. The fraction of sp³-hybridized carbons (Fsp3) is 0.536. The molecule has 0 aliphatic carbocycles. The van der Waals surface area contributed by atoms with Crippen molar-refractivity contribution in [3.63, 3.8) is 0 Å². The zero-order chi connectivity index (χ0) is 56.0. The Labute approximate surface area is 458 Å². The van der Waals surface area contributed by atoms with Crippen molar-refractivity contribution in [2.75, 3.05) is 46.6 Å². The van der Waals surface area contributed by atoms with E-state index in [-0.39, 0.29) is 50.0 Å². The lowest BCUT2D eigenvalue weighted by atomic mass is 9.85. The Morgan fingerprint density at radius 2 is 1.49 bits per heavy atom. The third-order valence-electron chi connectivity index (χ3n) is 12.1. The summed E-state index contributed by atoms with van der Waals surface area (Å²) in [6.45, 7) is 29.0. The number of aliphatic imine (C=N–C) groups is 1. The molecule has 0 saturated carbocycles. The predicted molar refractivity (Wildman–Crippen MR) is 304 cm³/mol. The molecule has 1 saturated heterocycles. The molecule has 0 spiro atoms. The van der Waals surface area contributed by atoms with Gasteiger partial charge >= 0.3 is 0 Å². The highest BCUT2D eigenvalue weighted by Gasteiger charge is 2.42. The van der Waals surface area contributed by atoms with Crippen molar-refractivity contribution in [3.05, 3.63) is 104 Å². The number of thiazole rings is 1. The number of ether oxygens (including phenoxy) is 2. The van der Waals surface area contributed by atoms with Gasteiger partial charge in [0.15, 0.2) is 5.82 Å². The number of likely N-dealkylation sites (tertiary alicyclic amines) is 1. The molecule has 2 aliphatic rings. The molecule has 75 heavy (non-hydrogen) atoms. The molecule has 4 atom stereocenters. The monoisotopic (exact) mass is 1090 g/mol. The van der Waals surface area contributed by atoms with Crippen LogP contribution in [0.4, 0.5) is 0 Å². The molecule has 0 bridgehead atoms. The van der Waals surface area contributed by atoms with E-state index in [1.165, 1.54) is 4.88 Å². The van der Waals surface area contributed by atoms with Gasteiger partial charge in [0.25, 0.3) is 0 Å². The molecule has 4 amide bonds. The summed E-state index contributed by atoms with van der Waals surface area (Å²) in [5, 5.41) is 26.4. The lowest BCUT2D eigenvalue weighted by molar-refractivity contribution is -0.144. The highest BCUT2D eigenvalue weighted by Crippen LogP contribution is 2.40. The smallest absolute Gasteiger partial charge is 0.246 e. The lowest BCUT2D eigenvalue weighted by Gasteiger charge is -2.35. The third-order valence-corrected chi connectivity index (χ3v) is 14.6. The number of fused-ring (bicyclic) bond motifs is 3. The number of benzene rings is 2. The minimum Gasteiger partial charge on any atom is -0.400 e. The van der Waals surface area contributed by atoms with E-state index in [0.29, 0.717) is 49.8 Å². The molecule has 16 nitrogen and oxygen atoms in total. The molecule has 3 unspecified atom stereocenters. The molecule has 7 rings (SSSR count). The van der Waals surface area contributed by atoms with Crippen molar-refractivity contribution >= 4 is 63.6 Å². The summed E-state index contributed by atoms with van der Waals surface area (Å²) < 4.78 is 13.4. The first kappa shape index (κ1) is 63.9. The Morgan fingerprint density at radius 1 is 0.853 bits per heavy atom. The summed E-state index contributed by atoms with van der Waals surface area (Å²) in [5.74, 6) is 0.203. The number of halogens is 1. The summed E-state index contributed by atoms with van der Waals surface area (Å²) in [5.41, 5.74) is 8.02. The van der Waals surface area contributed by atoms with Gasteiger partial charge in [-0.1, -0.05) is 110 Å². The summed E-state index contributed by atoms with van der Waals surface area (Å²) >= 11 is 9.49. The van der Waals surface area contributed by atoms with E-state index >= 15 is 0 Å². The number of thiophene rings is 1. The summed E-state index contributed by atoms with van der Waals surface area (Å²) in [6, 6.07) is 13.3. The largest absolute Gasteiger partial charge is 0.400 e. The number of hydrogen-bond donors (Lipinski definition) is 4. The third kappa shape index (κ3) is 17.1. The number of aliphatic hydroxyl groups excluding tert-OH is 1. The Kier molecular flexibility index (Phi) is 27.0. The van der Waals surface area contributed by atoms with E-state index in [4.69, 9.17) is 31.2 Å². The fourth-order valence-electron chi connectivity index (χ4n) is 8.39. The predicted octanol–water partition coefficient (Wildman–Crippen LogP) is 10.2. The van der Waals surface area contributed by atoms with Crippen molar-refractivity contribution < 1.29 is 33.8 Å². The highest BCUT2D eigenvalue weighted by molar-refractivity contribution is 7.15. The van der Waals surface area contributed by atoms with Crippen LogP contribution < -0.4 is 16.0 Å². The fourth-order valence-corrected chi connectivity index (χ4v) is 10.5.